The lowest BCUT2D eigenvalue weighted by Gasteiger charge is -2.37. The van der Waals surface area contributed by atoms with Gasteiger partial charge in [-0.3, -0.25) is 9.29 Å². The van der Waals surface area contributed by atoms with Crippen LogP contribution in [-0.2, 0) is 0 Å². The van der Waals surface area contributed by atoms with Crippen LogP contribution in [0.4, 0.5) is 4.39 Å². The van der Waals surface area contributed by atoms with Gasteiger partial charge in [0.1, 0.15) is 36.3 Å². The number of phenolic OH excluding ortho intramolecular Hbond substituents is 1. The van der Waals surface area contributed by atoms with Crippen LogP contribution in [0.3, 0.4) is 0 Å². The number of alkyl halides is 1. The summed E-state index contributed by atoms with van der Waals surface area (Å²) in [4.78, 5) is 10.6. The van der Waals surface area contributed by atoms with E-state index in [4.69, 9.17) is 9.47 Å². The fraction of sp³-hybridized carbons (Fsp3) is 0.308. The zero-order valence-corrected chi connectivity index (χ0v) is 18.4. The fourth-order valence-electron chi connectivity index (χ4n) is 4.47. The van der Waals surface area contributed by atoms with E-state index in [1.807, 2.05) is 31.2 Å². The van der Waals surface area contributed by atoms with E-state index >= 15 is 0 Å². The van der Waals surface area contributed by atoms with Crippen molar-refractivity contribution in [2.45, 2.75) is 13.0 Å². The lowest BCUT2D eigenvalue weighted by atomic mass is 9.87. The number of aromatic nitrogens is 2. The zero-order chi connectivity index (χ0) is 22.8. The molecule has 0 spiro atoms. The molecule has 0 aliphatic carbocycles. The molecule has 0 radical (unpaired) electrons. The summed E-state index contributed by atoms with van der Waals surface area (Å²) in [5.41, 5.74) is 4.67. The summed E-state index contributed by atoms with van der Waals surface area (Å²) < 4.78 is 24.9. The highest BCUT2D eigenvalue weighted by molar-refractivity contribution is 5.95. The molecule has 6 nitrogen and oxygen atoms in total. The number of ether oxygens (including phenoxy) is 2. The van der Waals surface area contributed by atoms with Gasteiger partial charge in [0, 0.05) is 54.6 Å². The number of benzene rings is 2. The molecule has 170 valence electrons. The standard InChI is InChI=1S/C26H26FN3O3/c1-17-23-10-21(31)4-7-24(23)33-26(25(17)20-12-28-16-29-13-20)19-2-5-22(6-3-19)32-9-8-30-14-18(11-27)15-30/h2-7,10,12-13,16,18,26,31H,8-9,11,14-15H2,1H3. The summed E-state index contributed by atoms with van der Waals surface area (Å²) in [6.45, 7) is 4.79. The van der Waals surface area contributed by atoms with Crippen molar-refractivity contribution in [3.05, 3.63) is 77.9 Å². The van der Waals surface area contributed by atoms with Crippen molar-refractivity contribution in [1.82, 2.24) is 14.9 Å². The Bertz CT molecular complexity index is 1150. The number of hydrogen-bond acceptors (Lipinski definition) is 6. The summed E-state index contributed by atoms with van der Waals surface area (Å²) in [6, 6.07) is 13.0. The predicted octanol–water partition coefficient (Wildman–Crippen LogP) is 4.53. The van der Waals surface area contributed by atoms with Crippen molar-refractivity contribution < 1.29 is 19.0 Å². The molecule has 2 aromatic carbocycles. The van der Waals surface area contributed by atoms with Crippen LogP contribution in [0.5, 0.6) is 17.2 Å². The zero-order valence-electron chi connectivity index (χ0n) is 18.4. The highest BCUT2D eigenvalue weighted by atomic mass is 19.1. The number of halogens is 1. The molecule has 2 aliphatic heterocycles. The lowest BCUT2D eigenvalue weighted by molar-refractivity contribution is 0.0668. The van der Waals surface area contributed by atoms with Gasteiger partial charge in [-0.25, -0.2) is 9.97 Å². The molecule has 0 saturated carbocycles. The van der Waals surface area contributed by atoms with Gasteiger partial charge in [-0.15, -0.1) is 0 Å². The third-order valence-electron chi connectivity index (χ3n) is 6.26. The Labute approximate surface area is 192 Å². The van der Waals surface area contributed by atoms with Crippen LogP contribution in [0.15, 0.2) is 61.2 Å². The highest BCUT2D eigenvalue weighted by Gasteiger charge is 2.30. The maximum absolute atomic E-state index is 12.6. The van der Waals surface area contributed by atoms with Crippen LogP contribution in [0.2, 0.25) is 0 Å². The van der Waals surface area contributed by atoms with Gasteiger partial charge in [0.05, 0.1) is 6.67 Å². The van der Waals surface area contributed by atoms with Gasteiger partial charge in [0.25, 0.3) is 0 Å². The van der Waals surface area contributed by atoms with Crippen LogP contribution >= 0.6 is 0 Å². The molecule has 2 aliphatic rings. The Balaban J connectivity index is 1.36. The Kier molecular flexibility index (Phi) is 5.96. The Morgan fingerprint density at radius 3 is 2.61 bits per heavy atom. The largest absolute Gasteiger partial charge is 0.508 e. The molecule has 3 aromatic rings. The van der Waals surface area contributed by atoms with Gasteiger partial charge in [-0.05, 0) is 48.4 Å². The second kappa shape index (κ2) is 9.19. The smallest absolute Gasteiger partial charge is 0.150 e. The molecule has 1 unspecified atom stereocenters. The van der Waals surface area contributed by atoms with Crippen molar-refractivity contribution in [3.63, 3.8) is 0 Å². The monoisotopic (exact) mass is 447 g/mol. The molecule has 1 saturated heterocycles. The van der Waals surface area contributed by atoms with Crippen LogP contribution < -0.4 is 9.47 Å². The normalized spacial score (nSPS) is 18.4. The van der Waals surface area contributed by atoms with Crippen LogP contribution in [0, 0.1) is 5.92 Å². The van der Waals surface area contributed by atoms with Crippen molar-refractivity contribution in [3.8, 4) is 17.2 Å². The predicted molar refractivity (Wildman–Crippen MR) is 124 cm³/mol. The van der Waals surface area contributed by atoms with E-state index in [1.54, 1.807) is 30.6 Å². The number of likely N-dealkylation sites (tertiary alicyclic amines) is 1. The minimum absolute atomic E-state index is 0.189. The Morgan fingerprint density at radius 2 is 1.88 bits per heavy atom. The average molecular weight is 448 g/mol. The topological polar surface area (TPSA) is 67.7 Å². The number of phenols is 1. The van der Waals surface area contributed by atoms with Crippen LogP contribution in [0.1, 0.15) is 29.7 Å². The molecule has 0 amide bonds. The van der Waals surface area contributed by atoms with Gasteiger partial charge in [-0.1, -0.05) is 12.1 Å². The molecule has 0 bridgehead atoms. The minimum Gasteiger partial charge on any atom is -0.508 e. The Morgan fingerprint density at radius 1 is 1.12 bits per heavy atom. The molecule has 1 aromatic heterocycles. The third kappa shape index (κ3) is 4.41. The lowest BCUT2D eigenvalue weighted by Crippen LogP contribution is -2.49. The SMILES string of the molecule is CC1=C(c2cncnc2)C(c2ccc(OCCN3CC(CF)C3)cc2)Oc2ccc(O)cc21. The van der Waals surface area contributed by atoms with E-state index in [0.29, 0.717) is 6.61 Å². The van der Waals surface area contributed by atoms with E-state index < -0.39 is 0 Å². The van der Waals surface area contributed by atoms with E-state index in [1.165, 1.54) is 6.33 Å². The molecule has 1 atom stereocenters. The number of allylic oxidation sites excluding steroid dienone is 1. The summed E-state index contributed by atoms with van der Waals surface area (Å²) in [5, 5.41) is 9.99. The first-order valence-corrected chi connectivity index (χ1v) is 11.1. The van der Waals surface area contributed by atoms with Gasteiger partial charge in [0.15, 0.2) is 0 Å². The van der Waals surface area contributed by atoms with Crippen LogP contribution in [0.25, 0.3) is 11.1 Å². The fourth-order valence-corrected chi connectivity index (χ4v) is 4.47. The molecule has 5 rings (SSSR count). The van der Waals surface area contributed by atoms with Crippen LogP contribution in [-0.4, -0.2) is 52.9 Å². The second-order valence-electron chi connectivity index (χ2n) is 8.54. The average Bonchev–Trinajstić information content (AvgIpc) is 2.82. The number of aromatic hydroxyl groups is 1. The van der Waals surface area contributed by atoms with E-state index in [9.17, 15) is 9.50 Å². The van der Waals surface area contributed by atoms with Gasteiger partial charge >= 0.3 is 0 Å². The Hall–Kier alpha value is -3.45. The molecular weight excluding hydrogens is 421 g/mol. The summed E-state index contributed by atoms with van der Waals surface area (Å²) >= 11 is 0. The minimum atomic E-state index is -0.346. The van der Waals surface area contributed by atoms with Gasteiger partial charge < -0.3 is 14.6 Å². The first kappa shape index (κ1) is 21.4. The van der Waals surface area contributed by atoms with Crippen molar-refractivity contribution in [2.24, 2.45) is 5.92 Å². The molecular formula is C26H26FN3O3. The third-order valence-corrected chi connectivity index (χ3v) is 6.26. The summed E-state index contributed by atoms with van der Waals surface area (Å²) in [7, 11) is 0. The number of fused-ring (bicyclic) bond motifs is 1. The molecule has 3 heterocycles. The summed E-state index contributed by atoms with van der Waals surface area (Å²) in [6.07, 6.45) is 4.70. The van der Waals surface area contributed by atoms with E-state index in [2.05, 4.69) is 14.9 Å². The second-order valence-corrected chi connectivity index (χ2v) is 8.54. The van der Waals surface area contributed by atoms with E-state index in [0.717, 1.165) is 59.0 Å². The van der Waals surface area contributed by atoms with Gasteiger partial charge in [-0.2, -0.15) is 0 Å². The number of nitrogens with zero attached hydrogens (tertiary/aromatic N) is 3. The van der Waals surface area contributed by atoms with Crippen molar-refractivity contribution in [2.75, 3.05) is 32.9 Å². The molecule has 1 fully saturated rings. The first-order chi connectivity index (χ1) is 16.1. The maximum Gasteiger partial charge on any atom is 0.150 e. The van der Waals surface area contributed by atoms with Crippen molar-refractivity contribution >= 4 is 11.1 Å². The maximum atomic E-state index is 12.6. The van der Waals surface area contributed by atoms with E-state index in [-0.39, 0.29) is 24.4 Å². The van der Waals surface area contributed by atoms with Gasteiger partial charge in [0.2, 0.25) is 0 Å². The number of rotatable bonds is 7. The molecule has 7 heteroatoms. The van der Waals surface area contributed by atoms with Crippen molar-refractivity contribution in [1.29, 1.82) is 0 Å². The first-order valence-electron chi connectivity index (χ1n) is 11.1. The quantitative estimate of drug-likeness (QED) is 0.574. The highest BCUT2D eigenvalue weighted by Crippen LogP contribution is 2.47. The molecule has 1 N–H and O–H groups in total. The molecule has 33 heavy (non-hydrogen) atoms. The number of hydrogen-bond donors (Lipinski definition) is 1. The summed E-state index contributed by atoms with van der Waals surface area (Å²) in [5.74, 6) is 1.89.